The smallest absolute Gasteiger partial charge is 0.189 e. The Kier molecular flexibility index (Phi) is 4.35. The summed E-state index contributed by atoms with van der Waals surface area (Å²) >= 11 is 0. The second-order valence-corrected chi connectivity index (χ2v) is 4.53. The van der Waals surface area contributed by atoms with Crippen molar-refractivity contribution in [2.24, 2.45) is 0 Å². The fourth-order valence-corrected chi connectivity index (χ4v) is 2.03. The summed E-state index contributed by atoms with van der Waals surface area (Å²) in [5.41, 5.74) is 1.87. The Morgan fingerprint density at radius 3 is 2.89 bits per heavy atom. The van der Waals surface area contributed by atoms with Gasteiger partial charge in [-0.05, 0) is 31.1 Å². The van der Waals surface area contributed by atoms with Crippen molar-refractivity contribution in [3.8, 4) is 0 Å². The fraction of sp³-hybridized carbons (Fsp3) is 0.312. The molecular formula is C16H19NO. The first-order valence-corrected chi connectivity index (χ1v) is 6.60. The number of pyridine rings is 1. The molecule has 0 aliphatic heterocycles. The number of fused-ring (bicyclic) bond motifs is 1. The highest BCUT2D eigenvalue weighted by atomic mass is 16.1. The number of aromatic nitrogens is 1. The van der Waals surface area contributed by atoms with Gasteiger partial charge in [0.05, 0.1) is 0 Å². The van der Waals surface area contributed by atoms with E-state index in [2.05, 4.69) is 18.0 Å². The largest absolute Gasteiger partial charge is 0.355 e. The number of allylic oxidation sites excluding steroid dienone is 1. The summed E-state index contributed by atoms with van der Waals surface area (Å²) in [6.07, 6.45) is 8.92. The Morgan fingerprint density at radius 2 is 2.06 bits per heavy atom. The Hall–Kier alpha value is -1.83. The summed E-state index contributed by atoms with van der Waals surface area (Å²) in [6, 6.07) is 9.28. The number of hydrogen-bond donors (Lipinski definition) is 1. The number of unbranched alkanes of at least 4 members (excludes halogenated alkanes) is 3. The van der Waals surface area contributed by atoms with Gasteiger partial charge >= 0.3 is 0 Å². The lowest BCUT2D eigenvalue weighted by molar-refractivity contribution is 0.730. The summed E-state index contributed by atoms with van der Waals surface area (Å²) in [4.78, 5) is 15.2. The van der Waals surface area contributed by atoms with Crippen LogP contribution in [0.4, 0.5) is 0 Å². The highest BCUT2D eigenvalue weighted by molar-refractivity contribution is 5.79. The molecule has 94 valence electrons. The zero-order valence-corrected chi connectivity index (χ0v) is 10.8. The van der Waals surface area contributed by atoms with Gasteiger partial charge < -0.3 is 4.98 Å². The lowest BCUT2D eigenvalue weighted by Crippen LogP contribution is -2.02. The molecule has 2 heteroatoms. The molecule has 0 saturated carbocycles. The lowest BCUT2D eigenvalue weighted by Gasteiger charge is -1.99. The van der Waals surface area contributed by atoms with Crippen molar-refractivity contribution >= 4 is 17.0 Å². The lowest BCUT2D eigenvalue weighted by atomic mass is 10.1. The van der Waals surface area contributed by atoms with Gasteiger partial charge in [0, 0.05) is 22.7 Å². The quantitative estimate of drug-likeness (QED) is 0.785. The molecule has 0 bridgehead atoms. The molecule has 0 unspecified atom stereocenters. The van der Waals surface area contributed by atoms with E-state index in [1.165, 1.54) is 19.3 Å². The van der Waals surface area contributed by atoms with Crippen LogP contribution in [0.5, 0.6) is 0 Å². The van der Waals surface area contributed by atoms with Gasteiger partial charge in [0.1, 0.15) is 0 Å². The van der Waals surface area contributed by atoms with Crippen LogP contribution in [0, 0.1) is 0 Å². The minimum atomic E-state index is 0.0811. The highest BCUT2D eigenvalue weighted by Crippen LogP contribution is 2.09. The van der Waals surface area contributed by atoms with Crippen molar-refractivity contribution in [2.45, 2.75) is 32.6 Å². The summed E-state index contributed by atoms with van der Waals surface area (Å²) in [5.74, 6) is 0. The number of hydrogen-bond acceptors (Lipinski definition) is 1. The van der Waals surface area contributed by atoms with Crippen LogP contribution >= 0.6 is 0 Å². The maximum Gasteiger partial charge on any atom is 0.189 e. The molecule has 0 fully saturated rings. The van der Waals surface area contributed by atoms with Crippen LogP contribution in [0.2, 0.25) is 0 Å². The minimum absolute atomic E-state index is 0.0811. The van der Waals surface area contributed by atoms with Crippen LogP contribution in [0.25, 0.3) is 17.0 Å². The first kappa shape index (κ1) is 12.6. The molecule has 2 aromatic rings. The third-order valence-electron chi connectivity index (χ3n) is 3.03. The summed E-state index contributed by atoms with van der Waals surface area (Å²) in [7, 11) is 0. The van der Waals surface area contributed by atoms with E-state index in [4.69, 9.17) is 0 Å². The molecule has 0 radical (unpaired) electrons. The molecule has 1 N–H and O–H groups in total. The van der Waals surface area contributed by atoms with Gasteiger partial charge in [0.15, 0.2) is 5.43 Å². The van der Waals surface area contributed by atoms with E-state index in [0.29, 0.717) is 0 Å². The molecule has 0 aliphatic rings. The zero-order valence-electron chi connectivity index (χ0n) is 10.8. The summed E-state index contributed by atoms with van der Waals surface area (Å²) < 4.78 is 0. The van der Waals surface area contributed by atoms with Crippen molar-refractivity contribution in [3.63, 3.8) is 0 Å². The van der Waals surface area contributed by atoms with Crippen molar-refractivity contribution in [1.82, 2.24) is 4.98 Å². The number of rotatable bonds is 5. The van der Waals surface area contributed by atoms with Gasteiger partial charge in [0.25, 0.3) is 0 Å². The molecule has 0 atom stereocenters. The van der Waals surface area contributed by atoms with Crippen LogP contribution < -0.4 is 5.43 Å². The van der Waals surface area contributed by atoms with Crippen molar-refractivity contribution in [3.05, 3.63) is 52.3 Å². The maximum absolute atomic E-state index is 11.9. The number of benzene rings is 1. The Labute approximate surface area is 107 Å². The van der Waals surface area contributed by atoms with Crippen LogP contribution in [0.1, 0.15) is 38.3 Å². The molecule has 0 spiro atoms. The highest BCUT2D eigenvalue weighted by Gasteiger charge is 1.98. The molecule has 18 heavy (non-hydrogen) atoms. The molecule has 0 amide bonds. The maximum atomic E-state index is 11.9. The average Bonchev–Trinajstić information content (AvgIpc) is 2.39. The normalized spacial score (nSPS) is 11.4. The standard InChI is InChI=1S/C16H19NO/c1-2-3-4-5-6-9-13-12-16(18)14-10-7-8-11-15(14)17-13/h6-12H,2-5H2,1H3,(H,17,18)/b9-6+. The first-order valence-electron chi connectivity index (χ1n) is 6.60. The van der Waals surface area contributed by atoms with Crippen LogP contribution in [0.15, 0.2) is 41.2 Å². The molecule has 2 rings (SSSR count). The fourth-order valence-electron chi connectivity index (χ4n) is 2.03. The molecule has 0 aliphatic carbocycles. The van der Waals surface area contributed by atoms with Gasteiger partial charge in [-0.3, -0.25) is 4.79 Å². The Morgan fingerprint density at radius 1 is 1.22 bits per heavy atom. The van der Waals surface area contributed by atoms with Crippen molar-refractivity contribution in [1.29, 1.82) is 0 Å². The number of H-pyrrole nitrogens is 1. The monoisotopic (exact) mass is 241 g/mol. The molecule has 1 heterocycles. The number of para-hydroxylation sites is 1. The zero-order chi connectivity index (χ0) is 12.8. The Balaban J connectivity index is 2.17. The third-order valence-corrected chi connectivity index (χ3v) is 3.03. The van der Waals surface area contributed by atoms with Gasteiger partial charge in [-0.25, -0.2) is 0 Å². The van der Waals surface area contributed by atoms with Crippen molar-refractivity contribution < 1.29 is 0 Å². The molecule has 1 aromatic heterocycles. The van der Waals surface area contributed by atoms with Gasteiger partial charge in [-0.15, -0.1) is 0 Å². The van der Waals surface area contributed by atoms with Crippen LogP contribution in [0.3, 0.4) is 0 Å². The number of aromatic amines is 1. The SMILES string of the molecule is CCCCC/C=C/c1cc(=O)c2ccccc2[nH]1. The molecule has 0 saturated heterocycles. The summed E-state index contributed by atoms with van der Waals surface area (Å²) in [6.45, 7) is 2.20. The predicted molar refractivity (Wildman–Crippen MR) is 77.7 cm³/mol. The first-order chi connectivity index (χ1) is 8.81. The second kappa shape index (κ2) is 6.20. The van der Waals surface area contributed by atoms with E-state index in [-0.39, 0.29) is 5.43 Å². The third kappa shape index (κ3) is 3.10. The van der Waals surface area contributed by atoms with Crippen molar-refractivity contribution in [2.75, 3.05) is 0 Å². The van der Waals surface area contributed by atoms with E-state index in [0.717, 1.165) is 23.0 Å². The average molecular weight is 241 g/mol. The summed E-state index contributed by atoms with van der Waals surface area (Å²) in [5, 5.41) is 0.751. The predicted octanol–water partition coefficient (Wildman–Crippen LogP) is 4.12. The minimum Gasteiger partial charge on any atom is -0.355 e. The van der Waals surface area contributed by atoms with E-state index in [1.54, 1.807) is 6.07 Å². The van der Waals surface area contributed by atoms with E-state index >= 15 is 0 Å². The molecular weight excluding hydrogens is 222 g/mol. The van der Waals surface area contributed by atoms with Crippen LogP contribution in [-0.2, 0) is 0 Å². The van der Waals surface area contributed by atoms with Gasteiger partial charge in [-0.1, -0.05) is 38.0 Å². The number of nitrogens with one attached hydrogen (secondary N) is 1. The van der Waals surface area contributed by atoms with Gasteiger partial charge in [-0.2, -0.15) is 0 Å². The van der Waals surface area contributed by atoms with E-state index < -0.39 is 0 Å². The van der Waals surface area contributed by atoms with E-state index in [1.807, 2.05) is 30.3 Å². The second-order valence-electron chi connectivity index (χ2n) is 4.53. The van der Waals surface area contributed by atoms with E-state index in [9.17, 15) is 4.79 Å². The van der Waals surface area contributed by atoms with Crippen LogP contribution in [-0.4, -0.2) is 4.98 Å². The molecule has 1 aromatic carbocycles. The molecule has 2 nitrogen and oxygen atoms in total. The topological polar surface area (TPSA) is 32.9 Å². The van der Waals surface area contributed by atoms with Gasteiger partial charge in [0.2, 0.25) is 0 Å². The Bertz CT molecular complexity index is 595.